The summed E-state index contributed by atoms with van der Waals surface area (Å²) in [5, 5.41) is 18.2. The molecule has 5 N–H and O–H groups in total. The average Bonchev–Trinajstić information content (AvgIpc) is 3.17. The highest BCUT2D eigenvalue weighted by Gasteiger charge is 2.36. The first-order valence-corrected chi connectivity index (χ1v) is 12.0. The first-order chi connectivity index (χ1) is 14.1. The van der Waals surface area contributed by atoms with Crippen molar-refractivity contribution in [1.29, 1.82) is 0 Å². The molecule has 1 amide bonds. The quantitative estimate of drug-likeness (QED) is 0.466. The highest BCUT2D eigenvalue weighted by Crippen LogP contribution is 2.27. The number of carbonyl (C=O) groups excluding carboxylic acids is 1. The molecule has 29 heavy (non-hydrogen) atoms. The normalized spacial score (nSPS) is 43.8. The van der Waals surface area contributed by atoms with Gasteiger partial charge in [-0.25, -0.2) is 0 Å². The third-order valence-corrected chi connectivity index (χ3v) is 7.72. The van der Waals surface area contributed by atoms with E-state index in [4.69, 9.17) is 4.74 Å². The van der Waals surface area contributed by atoms with Gasteiger partial charge in [-0.1, -0.05) is 6.92 Å². The summed E-state index contributed by atoms with van der Waals surface area (Å²) in [7, 11) is 0. The minimum atomic E-state index is 0.0206. The highest BCUT2D eigenvalue weighted by molar-refractivity contribution is 5.79. The van der Waals surface area contributed by atoms with E-state index in [0.717, 1.165) is 44.7 Å². The molecule has 7 nitrogen and oxygen atoms in total. The summed E-state index contributed by atoms with van der Waals surface area (Å²) in [5.74, 6) is 1.57. The van der Waals surface area contributed by atoms with Gasteiger partial charge in [-0.15, -0.1) is 0 Å². The zero-order valence-corrected chi connectivity index (χ0v) is 18.2. The Balaban J connectivity index is 1.27. The van der Waals surface area contributed by atoms with Crippen molar-refractivity contribution in [2.24, 2.45) is 17.8 Å². The zero-order chi connectivity index (χ0) is 20.2. The lowest BCUT2D eigenvalue weighted by atomic mass is 9.82. The molecule has 0 aromatic heterocycles. The molecular formula is C22H41N5O2. The van der Waals surface area contributed by atoms with E-state index < -0.39 is 0 Å². The van der Waals surface area contributed by atoms with Gasteiger partial charge in [0.25, 0.3) is 0 Å². The van der Waals surface area contributed by atoms with Crippen LogP contribution in [0.15, 0.2) is 0 Å². The van der Waals surface area contributed by atoms with E-state index in [1.807, 2.05) is 6.92 Å². The Morgan fingerprint density at radius 3 is 2.72 bits per heavy atom. The van der Waals surface area contributed by atoms with Crippen LogP contribution in [0.3, 0.4) is 0 Å². The van der Waals surface area contributed by atoms with Crippen molar-refractivity contribution < 1.29 is 9.53 Å². The molecule has 0 aromatic rings. The van der Waals surface area contributed by atoms with Crippen LogP contribution in [0, 0.1) is 17.8 Å². The first kappa shape index (κ1) is 21.5. The van der Waals surface area contributed by atoms with Gasteiger partial charge in [0.15, 0.2) is 0 Å². The van der Waals surface area contributed by atoms with Crippen molar-refractivity contribution in [1.82, 2.24) is 26.6 Å². The molecule has 0 aromatic carbocycles. The van der Waals surface area contributed by atoms with Crippen molar-refractivity contribution in [3.05, 3.63) is 0 Å². The Morgan fingerprint density at radius 2 is 1.97 bits per heavy atom. The number of hydrogen-bond donors (Lipinski definition) is 5. The van der Waals surface area contributed by atoms with Crippen LogP contribution < -0.4 is 26.6 Å². The molecule has 166 valence electrons. The number of ether oxygens (including phenoxy) is 1. The number of hydrogen-bond acceptors (Lipinski definition) is 6. The van der Waals surface area contributed by atoms with Crippen molar-refractivity contribution in [2.75, 3.05) is 26.2 Å². The largest absolute Gasteiger partial charge is 0.378 e. The summed E-state index contributed by atoms with van der Waals surface area (Å²) in [6, 6.07) is 1.27. The number of carbonyl (C=O) groups is 1. The van der Waals surface area contributed by atoms with Crippen molar-refractivity contribution in [2.45, 2.75) is 89.3 Å². The van der Waals surface area contributed by atoms with E-state index in [1.54, 1.807) is 0 Å². The van der Waals surface area contributed by atoms with Gasteiger partial charge < -0.3 is 15.4 Å². The van der Waals surface area contributed by atoms with Gasteiger partial charge >= 0.3 is 0 Å². The van der Waals surface area contributed by atoms with Crippen LogP contribution in [-0.2, 0) is 9.53 Å². The smallest absolute Gasteiger partial charge is 0.226 e. The Hall–Kier alpha value is -0.730. The molecule has 0 radical (unpaired) electrons. The minimum Gasteiger partial charge on any atom is -0.378 e. The van der Waals surface area contributed by atoms with Gasteiger partial charge in [0, 0.05) is 24.7 Å². The molecule has 1 aliphatic carbocycles. The van der Waals surface area contributed by atoms with Gasteiger partial charge in [0.1, 0.15) is 6.29 Å². The van der Waals surface area contributed by atoms with E-state index in [0.29, 0.717) is 24.6 Å². The van der Waals surface area contributed by atoms with Crippen LogP contribution in [0.1, 0.15) is 58.8 Å². The second kappa shape index (κ2) is 10.1. The van der Waals surface area contributed by atoms with E-state index in [9.17, 15) is 4.79 Å². The summed E-state index contributed by atoms with van der Waals surface area (Å²) < 4.78 is 5.58. The van der Waals surface area contributed by atoms with E-state index >= 15 is 0 Å². The number of rotatable bonds is 5. The van der Waals surface area contributed by atoms with Crippen LogP contribution in [0.2, 0.25) is 0 Å². The van der Waals surface area contributed by atoms with Gasteiger partial charge in [0.05, 0.1) is 12.0 Å². The predicted octanol–water partition coefficient (Wildman–Crippen LogP) is 0.909. The molecule has 3 saturated heterocycles. The predicted molar refractivity (Wildman–Crippen MR) is 114 cm³/mol. The number of amides is 1. The minimum absolute atomic E-state index is 0.0206. The zero-order valence-electron chi connectivity index (χ0n) is 18.2. The van der Waals surface area contributed by atoms with Crippen LogP contribution in [0.5, 0.6) is 0 Å². The Bertz CT molecular complexity index is 541. The van der Waals surface area contributed by atoms with Gasteiger partial charge in [-0.2, -0.15) is 0 Å². The molecule has 7 heteroatoms. The summed E-state index contributed by atoms with van der Waals surface area (Å²) in [6.45, 7) is 8.44. The number of nitrogens with one attached hydrogen (secondary N) is 5. The molecule has 0 bridgehead atoms. The molecule has 4 aliphatic rings. The Labute approximate surface area is 175 Å². The van der Waals surface area contributed by atoms with Crippen LogP contribution in [0.25, 0.3) is 0 Å². The summed E-state index contributed by atoms with van der Waals surface area (Å²) in [5.41, 5.74) is 0. The molecule has 8 atom stereocenters. The van der Waals surface area contributed by atoms with Crippen molar-refractivity contribution >= 4 is 5.91 Å². The van der Waals surface area contributed by atoms with Gasteiger partial charge in [-0.05, 0) is 83.3 Å². The standard InChI is InChI=1S/C22H41N5O2/c1-14-5-6-17(25-21(28)18-8-11-29-15(18)2)12-20(14)27-22-24-10-7-19(26-22)16-4-3-9-23-13-16/h14-20,22-24,26-27H,3-13H2,1-2H3,(H,25,28). The maximum atomic E-state index is 12.7. The molecule has 8 unspecified atom stereocenters. The van der Waals surface area contributed by atoms with E-state index in [1.165, 1.54) is 25.8 Å². The fraction of sp³-hybridized carbons (Fsp3) is 0.955. The molecular weight excluding hydrogens is 366 g/mol. The van der Waals surface area contributed by atoms with Gasteiger partial charge in [0.2, 0.25) is 5.91 Å². The summed E-state index contributed by atoms with van der Waals surface area (Å²) in [4.78, 5) is 12.7. The van der Waals surface area contributed by atoms with E-state index in [-0.39, 0.29) is 30.3 Å². The average molecular weight is 408 g/mol. The fourth-order valence-electron chi connectivity index (χ4n) is 5.72. The SMILES string of the molecule is CC1CCC(NC(=O)C2CCOC2C)CC1NC1NCCC(C2CCCNC2)N1. The third-order valence-electron chi connectivity index (χ3n) is 7.72. The maximum Gasteiger partial charge on any atom is 0.226 e. The summed E-state index contributed by atoms with van der Waals surface area (Å²) in [6.07, 6.45) is 8.13. The molecule has 1 saturated carbocycles. The molecule has 0 spiro atoms. The lowest BCUT2D eigenvalue weighted by Crippen LogP contribution is -2.66. The Kier molecular flexibility index (Phi) is 7.45. The molecule has 4 fully saturated rings. The number of piperidine rings is 1. The van der Waals surface area contributed by atoms with Crippen LogP contribution >= 0.6 is 0 Å². The lowest BCUT2D eigenvalue weighted by Gasteiger charge is -2.42. The van der Waals surface area contributed by atoms with E-state index in [2.05, 4.69) is 33.5 Å². The third kappa shape index (κ3) is 5.50. The second-order valence-electron chi connectivity index (χ2n) is 9.80. The Morgan fingerprint density at radius 1 is 1.07 bits per heavy atom. The summed E-state index contributed by atoms with van der Waals surface area (Å²) >= 11 is 0. The van der Waals surface area contributed by atoms with Crippen LogP contribution in [-0.4, -0.2) is 62.7 Å². The molecule has 3 heterocycles. The monoisotopic (exact) mass is 407 g/mol. The second-order valence-corrected chi connectivity index (χ2v) is 9.80. The van der Waals surface area contributed by atoms with Crippen LogP contribution in [0.4, 0.5) is 0 Å². The first-order valence-electron chi connectivity index (χ1n) is 12.0. The van der Waals surface area contributed by atoms with Gasteiger partial charge in [-0.3, -0.25) is 20.7 Å². The fourth-order valence-corrected chi connectivity index (χ4v) is 5.72. The molecule has 3 aliphatic heterocycles. The maximum absolute atomic E-state index is 12.7. The topological polar surface area (TPSA) is 86.5 Å². The highest BCUT2D eigenvalue weighted by atomic mass is 16.5. The lowest BCUT2D eigenvalue weighted by molar-refractivity contribution is -0.127. The van der Waals surface area contributed by atoms with Crippen molar-refractivity contribution in [3.8, 4) is 0 Å². The van der Waals surface area contributed by atoms with Crippen molar-refractivity contribution in [3.63, 3.8) is 0 Å². The molecule has 4 rings (SSSR count).